The first-order valence-electron chi connectivity index (χ1n) is 13.9. The fourth-order valence-electron chi connectivity index (χ4n) is 5.73. The van der Waals surface area contributed by atoms with Crippen LogP contribution in [0.5, 0.6) is 0 Å². The quantitative estimate of drug-likeness (QED) is 0.216. The number of amides is 1. The smallest absolute Gasteiger partial charge is 0.335 e. The number of hydrogen-bond acceptors (Lipinski definition) is 4. The largest absolute Gasteiger partial charge is 0.478 e. The predicted octanol–water partition coefficient (Wildman–Crippen LogP) is 6.11. The van der Waals surface area contributed by atoms with Gasteiger partial charge < -0.3 is 25.2 Å². The van der Waals surface area contributed by atoms with Gasteiger partial charge in [-0.1, -0.05) is 24.3 Å². The molecule has 4 aromatic rings. The molecule has 9 heteroatoms. The zero-order valence-electron chi connectivity index (χ0n) is 24.4. The Hall–Kier alpha value is -4.50. The van der Waals surface area contributed by atoms with Crippen LogP contribution >= 0.6 is 12.2 Å². The van der Waals surface area contributed by atoms with E-state index in [1.54, 1.807) is 18.3 Å². The number of nitrogens with one attached hydrogen (secondary N) is 2. The third-order valence-corrected chi connectivity index (χ3v) is 8.28. The van der Waals surface area contributed by atoms with Gasteiger partial charge in [0.2, 0.25) is 5.91 Å². The number of carboxylic acid groups (broad SMARTS) is 1. The van der Waals surface area contributed by atoms with Crippen molar-refractivity contribution in [3.63, 3.8) is 0 Å². The highest BCUT2D eigenvalue weighted by Crippen LogP contribution is 2.41. The summed E-state index contributed by atoms with van der Waals surface area (Å²) in [5.41, 5.74) is 8.75. The first-order valence-corrected chi connectivity index (χ1v) is 14.3. The van der Waals surface area contributed by atoms with E-state index in [1.165, 1.54) is 0 Å². The lowest BCUT2D eigenvalue weighted by Crippen LogP contribution is -2.33. The number of carboxylic acids is 1. The molecule has 1 saturated heterocycles. The second kappa shape index (κ2) is 11.8. The second-order valence-electron chi connectivity index (χ2n) is 10.9. The number of hydrogen-bond donors (Lipinski definition) is 3. The zero-order chi connectivity index (χ0) is 30.1. The highest BCUT2D eigenvalue weighted by atomic mass is 32.1. The molecule has 5 rings (SSSR count). The summed E-state index contributed by atoms with van der Waals surface area (Å²) in [6.07, 6.45) is 2.01. The van der Waals surface area contributed by atoms with E-state index < -0.39 is 5.97 Å². The molecule has 0 aliphatic carbocycles. The number of pyridine rings is 1. The van der Waals surface area contributed by atoms with E-state index in [2.05, 4.69) is 31.2 Å². The van der Waals surface area contributed by atoms with Crippen molar-refractivity contribution in [1.29, 1.82) is 0 Å². The van der Waals surface area contributed by atoms with Gasteiger partial charge >= 0.3 is 5.97 Å². The number of anilines is 1. The topological polar surface area (TPSA) is 99.5 Å². The van der Waals surface area contributed by atoms with Gasteiger partial charge in [-0.2, -0.15) is 0 Å². The lowest BCUT2D eigenvalue weighted by atomic mass is 9.96. The summed E-state index contributed by atoms with van der Waals surface area (Å²) >= 11 is 5.84. The number of carbonyl (C=O) groups excluding carboxylic acids is 1. The third kappa shape index (κ3) is 5.65. The van der Waals surface area contributed by atoms with Crippen molar-refractivity contribution in [1.82, 2.24) is 19.8 Å². The zero-order valence-corrected chi connectivity index (χ0v) is 25.2. The monoisotopic (exact) mass is 581 g/mol. The summed E-state index contributed by atoms with van der Waals surface area (Å²) < 4.78 is 2.10. The Morgan fingerprint density at radius 3 is 2.48 bits per heavy atom. The SMILES string of the molecule is Cc1ccc(C)c(NC(=O)CCN2C(=S)N[C@@H](c3ccccn3)[C@@H]2c2cc(C)n(-c3cc(C(=O)O)ccc3C)c2C)c1. The molecule has 42 heavy (non-hydrogen) atoms. The van der Waals surface area contributed by atoms with E-state index in [9.17, 15) is 14.7 Å². The minimum atomic E-state index is -0.968. The minimum absolute atomic E-state index is 0.0851. The number of benzene rings is 2. The molecule has 0 unspecified atom stereocenters. The molecule has 216 valence electrons. The summed E-state index contributed by atoms with van der Waals surface area (Å²) in [5, 5.41) is 16.7. The summed E-state index contributed by atoms with van der Waals surface area (Å²) in [4.78, 5) is 31.6. The standard InChI is InChI=1S/C33H35N5O3S/c1-19-9-10-20(2)27(16-19)35-29(39)13-15-37-31(30(36-33(37)42)26-8-6-7-14-34-26)25-17-22(4)38(23(25)5)28-18-24(32(40)41)12-11-21(28)3/h6-12,14,16-18,30-31H,13,15H2,1-5H3,(H,35,39)(H,36,42)(H,40,41)/t30-,31-/m0/s1. The molecule has 0 spiro atoms. The lowest BCUT2D eigenvalue weighted by molar-refractivity contribution is -0.116. The van der Waals surface area contributed by atoms with Crippen molar-refractivity contribution < 1.29 is 14.7 Å². The Labute approximate surface area is 251 Å². The van der Waals surface area contributed by atoms with E-state index in [1.807, 2.05) is 77.1 Å². The van der Waals surface area contributed by atoms with Crippen LogP contribution in [-0.4, -0.2) is 43.1 Å². The molecule has 1 aliphatic rings. The van der Waals surface area contributed by atoms with Crippen LogP contribution in [0.2, 0.25) is 0 Å². The molecule has 1 aliphatic heterocycles. The number of aryl methyl sites for hydroxylation is 4. The molecule has 3 N–H and O–H groups in total. The minimum Gasteiger partial charge on any atom is -0.478 e. The maximum Gasteiger partial charge on any atom is 0.335 e. The van der Waals surface area contributed by atoms with Crippen molar-refractivity contribution in [2.75, 3.05) is 11.9 Å². The second-order valence-corrected chi connectivity index (χ2v) is 11.3. The van der Waals surface area contributed by atoms with Gasteiger partial charge in [0, 0.05) is 41.9 Å². The molecule has 0 bridgehead atoms. The molecule has 2 aromatic heterocycles. The Morgan fingerprint density at radius 2 is 1.76 bits per heavy atom. The van der Waals surface area contributed by atoms with Gasteiger partial charge in [-0.05, 0) is 105 Å². The molecular formula is C33H35N5O3S. The van der Waals surface area contributed by atoms with Gasteiger partial charge in [-0.15, -0.1) is 0 Å². The number of carbonyl (C=O) groups is 2. The maximum atomic E-state index is 13.1. The Balaban J connectivity index is 1.51. The number of nitrogens with zero attached hydrogens (tertiary/aromatic N) is 3. The van der Waals surface area contributed by atoms with Gasteiger partial charge in [0.15, 0.2) is 5.11 Å². The van der Waals surface area contributed by atoms with Gasteiger partial charge in [-0.25, -0.2) is 4.79 Å². The Kier molecular flexibility index (Phi) is 8.13. The van der Waals surface area contributed by atoms with Crippen molar-refractivity contribution in [3.05, 3.63) is 112 Å². The van der Waals surface area contributed by atoms with Gasteiger partial charge in [0.05, 0.1) is 23.3 Å². The van der Waals surface area contributed by atoms with E-state index in [0.717, 1.165) is 50.7 Å². The predicted molar refractivity (Wildman–Crippen MR) is 168 cm³/mol. The van der Waals surface area contributed by atoms with Crippen molar-refractivity contribution in [2.24, 2.45) is 0 Å². The van der Waals surface area contributed by atoms with Crippen LogP contribution in [0.4, 0.5) is 5.69 Å². The molecule has 2 aromatic carbocycles. The average molecular weight is 582 g/mol. The highest BCUT2D eigenvalue weighted by Gasteiger charge is 2.41. The molecule has 1 amide bonds. The van der Waals surface area contributed by atoms with Crippen LogP contribution in [0.15, 0.2) is 66.9 Å². The van der Waals surface area contributed by atoms with Crippen LogP contribution < -0.4 is 10.6 Å². The number of rotatable bonds is 8. The molecule has 1 fully saturated rings. The van der Waals surface area contributed by atoms with E-state index >= 15 is 0 Å². The molecular weight excluding hydrogens is 546 g/mol. The first-order chi connectivity index (χ1) is 20.0. The first kappa shape index (κ1) is 29.0. The molecule has 2 atom stereocenters. The lowest BCUT2D eigenvalue weighted by Gasteiger charge is -2.28. The number of thiocarbonyl (C=S) groups is 1. The molecule has 0 saturated carbocycles. The van der Waals surface area contributed by atoms with Gasteiger partial charge in [0.1, 0.15) is 0 Å². The fraction of sp³-hybridized carbons (Fsp3) is 0.273. The average Bonchev–Trinajstić information content (AvgIpc) is 3.44. The van der Waals surface area contributed by atoms with Crippen LogP contribution in [0.3, 0.4) is 0 Å². The van der Waals surface area contributed by atoms with Crippen LogP contribution in [0, 0.1) is 34.6 Å². The molecule has 8 nitrogen and oxygen atoms in total. The van der Waals surface area contributed by atoms with Crippen molar-refractivity contribution >= 4 is 34.9 Å². The maximum absolute atomic E-state index is 13.1. The Morgan fingerprint density at radius 1 is 1.00 bits per heavy atom. The number of aromatic carboxylic acids is 1. The normalized spacial score (nSPS) is 16.4. The summed E-state index contributed by atoms with van der Waals surface area (Å²) in [6, 6.07) is 18.6. The van der Waals surface area contributed by atoms with E-state index in [0.29, 0.717) is 11.7 Å². The van der Waals surface area contributed by atoms with Crippen LogP contribution in [0.25, 0.3) is 5.69 Å². The molecule has 3 heterocycles. The molecule has 0 radical (unpaired) electrons. The summed E-state index contributed by atoms with van der Waals surface area (Å²) in [6.45, 7) is 10.4. The summed E-state index contributed by atoms with van der Waals surface area (Å²) in [5.74, 6) is -1.05. The van der Waals surface area contributed by atoms with Crippen LogP contribution in [-0.2, 0) is 4.79 Å². The van der Waals surface area contributed by atoms with Crippen molar-refractivity contribution in [3.8, 4) is 5.69 Å². The summed E-state index contributed by atoms with van der Waals surface area (Å²) in [7, 11) is 0. The highest BCUT2D eigenvalue weighted by molar-refractivity contribution is 7.80. The number of aromatic nitrogens is 2. The Bertz CT molecular complexity index is 1680. The fourth-order valence-corrected chi connectivity index (χ4v) is 6.06. The van der Waals surface area contributed by atoms with Crippen molar-refractivity contribution in [2.45, 2.75) is 53.1 Å². The van der Waals surface area contributed by atoms with E-state index in [4.69, 9.17) is 12.2 Å². The van der Waals surface area contributed by atoms with E-state index in [-0.39, 0.29) is 30.0 Å². The van der Waals surface area contributed by atoms with Crippen LogP contribution in [0.1, 0.15) is 68.2 Å². The van der Waals surface area contributed by atoms with Gasteiger partial charge in [-0.3, -0.25) is 9.78 Å². The van der Waals surface area contributed by atoms with Gasteiger partial charge in [0.25, 0.3) is 0 Å². The third-order valence-electron chi connectivity index (χ3n) is 7.93.